The third-order valence-electron chi connectivity index (χ3n) is 5.73. The van der Waals surface area contributed by atoms with Crippen LogP contribution in [0.3, 0.4) is 0 Å². The summed E-state index contributed by atoms with van der Waals surface area (Å²) in [4.78, 5) is 0. The summed E-state index contributed by atoms with van der Waals surface area (Å²) < 4.78 is 0. The van der Waals surface area contributed by atoms with Gasteiger partial charge in [0.2, 0.25) is 0 Å². The van der Waals surface area contributed by atoms with Crippen LogP contribution in [0.25, 0.3) is 0 Å². The summed E-state index contributed by atoms with van der Waals surface area (Å²) in [5, 5.41) is 13.5. The molecule has 1 saturated carbocycles. The topological polar surface area (TPSA) is 32.3 Å². The number of hydrogen-bond donors (Lipinski definition) is 2. The van der Waals surface area contributed by atoms with Crippen LogP contribution in [0.2, 0.25) is 0 Å². The van der Waals surface area contributed by atoms with Crippen molar-refractivity contribution in [1.82, 2.24) is 5.32 Å². The SMILES string of the molecule is CC1CNC2(C)CC1C(c1cccc(O)c1)CC2C. The number of phenolic OH excluding ortho intramolecular Hbond substituents is 1. The van der Waals surface area contributed by atoms with Crippen molar-refractivity contribution in [1.29, 1.82) is 0 Å². The van der Waals surface area contributed by atoms with E-state index in [2.05, 4.69) is 32.2 Å². The van der Waals surface area contributed by atoms with Gasteiger partial charge in [-0.15, -0.1) is 0 Å². The predicted octanol–water partition coefficient (Wildman–Crippen LogP) is 3.52. The highest BCUT2D eigenvalue weighted by molar-refractivity contribution is 5.31. The number of phenols is 1. The molecule has 0 aromatic heterocycles. The van der Waals surface area contributed by atoms with Gasteiger partial charge >= 0.3 is 0 Å². The van der Waals surface area contributed by atoms with Gasteiger partial charge in [-0.3, -0.25) is 0 Å². The van der Waals surface area contributed by atoms with E-state index >= 15 is 0 Å². The maximum atomic E-state index is 9.74. The lowest BCUT2D eigenvalue weighted by atomic mass is 9.58. The van der Waals surface area contributed by atoms with Crippen molar-refractivity contribution < 1.29 is 5.11 Å². The molecule has 1 heterocycles. The number of rotatable bonds is 1. The third kappa shape index (κ3) is 2.16. The lowest BCUT2D eigenvalue weighted by Gasteiger charge is -2.54. The summed E-state index contributed by atoms with van der Waals surface area (Å²) in [7, 11) is 0. The summed E-state index contributed by atoms with van der Waals surface area (Å²) in [5.74, 6) is 3.15. The fraction of sp³-hybridized carbons (Fsp3) is 0.647. The van der Waals surface area contributed by atoms with E-state index in [1.165, 1.54) is 18.4 Å². The Labute approximate surface area is 116 Å². The van der Waals surface area contributed by atoms with Crippen LogP contribution in [0.15, 0.2) is 24.3 Å². The van der Waals surface area contributed by atoms with Crippen molar-refractivity contribution in [3.63, 3.8) is 0 Å². The smallest absolute Gasteiger partial charge is 0.115 e. The zero-order valence-electron chi connectivity index (χ0n) is 12.2. The standard InChI is InChI=1S/C17H25NO/c1-11-10-18-17(3)9-16(11)15(7-12(17)2)13-5-4-6-14(19)8-13/h4-6,8,11-12,15-16,18-19H,7,9-10H2,1-3H3. The van der Waals surface area contributed by atoms with Gasteiger partial charge in [0.25, 0.3) is 0 Å². The van der Waals surface area contributed by atoms with Crippen LogP contribution in [0.5, 0.6) is 5.75 Å². The number of fused-ring (bicyclic) bond motifs is 2. The van der Waals surface area contributed by atoms with E-state index in [-0.39, 0.29) is 0 Å². The van der Waals surface area contributed by atoms with Crippen molar-refractivity contribution in [2.45, 2.75) is 45.1 Å². The first-order chi connectivity index (χ1) is 8.99. The lowest BCUT2D eigenvalue weighted by Crippen LogP contribution is -2.59. The van der Waals surface area contributed by atoms with Crippen LogP contribution in [-0.2, 0) is 0 Å². The van der Waals surface area contributed by atoms with Crippen molar-refractivity contribution in [3.8, 4) is 5.75 Å². The van der Waals surface area contributed by atoms with Crippen LogP contribution in [-0.4, -0.2) is 17.2 Å². The molecule has 2 heteroatoms. The largest absolute Gasteiger partial charge is 0.508 e. The number of aromatic hydroxyl groups is 1. The summed E-state index contributed by atoms with van der Waals surface area (Å²) in [6.45, 7) is 8.24. The Kier molecular flexibility index (Phi) is 3.09. The lowest BCUT2D eigenvalue weighted by molar-refractivity contribution is 0.0369. The minimum atomic E-state index is 0.310. The molecule has 1 aromatic rings. The molecule has 2 N–H and O–H groups in total. The van der Waals surface area contributed by atoms with Crippen molar-refractivity contribution in [2.24, 2.45) is 17.8 Å². The molecule has 1 aliphatic heterocycles. The monoisotopic (exact) mass is 259 g/mol. The Balaban J connectivity index is 1.93. The Bertz CT molecular complexity index is 472. The molecular formula is C17H25NO. The molecule has 19 heavy (non-hydrogen) atoms. The molecule has 104 valence electrons. The fourth-order valence-electron chi connectivity index (χ4n) is 4.18. The minimum Gasteiger partial charge on any atom is -0.508 e. The van der Waals surface area contributed by atoms with Gasteiger partial charge in [-0.05, 0) is 67.7 Å². The van der Waals surface area contributed by atoms with E-state index in [4.69, 9.17) is 0 Å². The summed E-state index contributed by atoms with van der Waals surface area (Å²) in [5.41, 5.74) is 1.64. The van der Waals surface area contributed by atoms with Crippen molar-refractivity contribution >= 4 is 0 Å². The third-order valence-corrected chi connectivity index (χ3v) is 5.73. The predicted molar refractivity (Wildman–Crippen MR) is 78.3 cm³/mol. The second-order valence-corrected chi connectivity index (χ2v) is 6.98. The van der Waals surface area contributed by atoms with Gasteiger partial charge in [0.05, 0.1) is 0 Å². The molecule has 0 amide bonds. The van der Waals surface area contributed by atoms with E-state index < -0.39 is 0 Å². The van der Waals surface area contributed by atoms with E-state index in [0.29, 0.717) is 29.0 Å². The maximum absolute atomic E-state index is 9.74. The van der Waals surface area contributed by atoms with E-state index in [0.717, 1.165) is 12.5 Å². The van der Waals surface area contributed by atoms with Gasteiger partial charge in [0.1, 0.15) is 5.75 Å². The molecule has 1 saturated heterocycles. The zero-order chi connectivity index (χ0) is 13.6. The van der Waals surface area contributed by atoms with Gasteiger partial charge in [0, 0.05) is 5.54 Å². The molecule has 3 rings (SSSR count). The summed E-state index contributed by atoms with van der Waals surface area (Å²) in [6.07, 6.45) is 2.48. The molecule has 5 unspecified atom stereocenters. The van der Waals surface area contributed by atoms with Crippen molar-refractivity contribution in [2.75, 3.05) is 6.54 Å². The van der Waals surface area contributed by atoms with E-state index in [9.17, 15) is 5.11 Å². The second-order valence-electron chi connectivity index (χ2n) is 6.98. The number of nitrogens with one attached hydrogen (secondary N) is 1. The molecule has 1 aliphatic carbocycles. The molecule has 0 radical (unpaired) electrons. The van der Waals surface area contributed by atoms with Gasteiger partial charge in [-0.2, -0.15) is 0 Å². The molecule has 2 fully saturated rings. The van der Waals surface area contributed by atoms with Gasteiger partial charge in [0.15, 0.2) is 0 Å². The first-order valence-corrected chi connectivity index (χ1v) is 7.53. The molecule has 2 aliphatic rings. The molecule has 5 atom stereocenters. The quantitative estimate of drug-likeness (QED) is 0.809. The molecule has 1 aromatic carbocycles. The number of benzene rings is 1. The highest BCUT2D eigenvalue weighted by atomic mass is 16.3. The maximum Gasteiger partial charge on any atom is 0.115 e. The first-order valence-electron chi connectivity index (χ1n) is 7.53. The Morgan fingerprint density at radius 3 is 2.84 bits per heavy atom. The Hall–Kier alpha value is -1.02. The molecule has 0 spiro atoms. The van der Waals surface area contributed by atoms with Gasteiger partial charge in [-0.1, -0.05) is 26.0 Å². The molecule has 2 bridgehead atoms. The first kappa shape index (κ1) is 13.0. The average Bonchev–Trinajstić information content (AvgIpc) is 2.38. The molecular weight excluding hydrogens is 234 g/mol. The van der Waals surface area contributed by atoms with Crippen molar-refractivity contribution in [3.05, 3.63) is 29.8 Å². The van der Waals surface area contributed by atoms with Gasteiger partial charge in [-0.25, -0.2) is 0 Å². The number of piperidine rings is 1. The Morgan fingerprint density at radius 1 is 1.32 bits per heavy atom. The van der Waals surface area contributed by atoms with Crippen LogP contribution in [0, 0.1) is 17.8 Å². The zero-order valence-corrected chi connectivity index (χ0v) is 12.2. The average molecular weight is 259 g/mol. The number of hydrogen-bond acceptors (Lipinski definition) is 2. The van der Waals surface area contributed by atoms with Crippen LogP contribution >= 0.6 is 0 Å². The van der Waals surface area contributed by atoms with E-state index in [1.54, 1.807) is 6.07 Å². The Morgan fingerprint density at radius 2 is 2.11 bits per heavy atom. The molecule has 2 nitrogen and oxygen atoms in total. The normalized spacial score (nSPS) is 42.1. The van der Waals surface area contributed by atoms with E-state index in [1.807, 2.05) is 12.1 Å². The van der Waals surface area contributed by atoms with Crippen LogP contribution in [0.1, 0.15) is 45.1 Å². The minimum absolute atomic E-state index is 0.310. The summed E-state index contributed by atoms with van der Waals surface area (Å²) >= 11 is 0. The van der Waals surface area contributed by atoms with Gasteiger partial charge < -0.3 is 10.4 Å². The highest BCUT2D eigenvalue weighted by Crippen LogP contribution is 2.50. The highest BCUT2D eigenvalue weighted by Gasteiger charge is 2.47. The fourth-order valence-corrected chi connectivity index (χ4v) is 4.18. The van der Waals surface area contributed by atoms with Crippen LogP contribution < -0.4 is 5.32 Å². The second kappa shape index (κ2) is 4.52. The summed E-state index contributed by atoms with van der Waals surface area (Å²) in [6, 6.07) is 7.91. The van der Waals surface area contributed by atoms with Crippen LogP contribution in [0.4, 0.5) is 0 Å².